The van der Waals surface area contributed by atoms with Crippen LogP contribution in [0.5, 0.6) is 0 Å². The van der Waals surface area contributed by atoms with E-state index in [4.69, 9.17) is 5.73 Å². The van der Waals surface area contributed by atoms with Crippen LogP contribution < -0.4 is 11.1 Å². The summed E-state index contributed by atoms with van der Waals surface area (Å²) in [4.78, 5) is 4.28. The summed E-state index contributed by atoms with van der Waals surface area (Å²) in [6, 6.07) is 4.29. The minimum atomic E-state index is 0.567. The van der Waals surface area contributed by atoms with Crippen LogP contribution in [0.25, 0.3) is 0 Å². The SMILES string of the molecule is CSC1CCC(Nc2cc(N)ccn2)CC1. The van der Waals surface area contributed by atoms with Gasteiger partial charge in [-0.15, -0.1) is 0 Å². The van der Waals surface area contributed by atoms with Crippen molar-refractivity contribution in [3.8, 4) is 0 Å². The molecule has 1 saturated carbocycles. The van der Waals surface area contributed by atoms with Gasteiger partial charge in [-0.2, -0.15) is 11.8 Å². The third-order valence-electron chi connectivity index (χ3n) is 3.14. The highest BCUT2D eigenvalue weighted by Crippen LogP contribution is 2.28. The average Bonchev–Trinajstić information content (AvgIpc) is 2.30. The van der Waals surface area contributed by atoms with Crippen molar-refractivity contribution < 1.29 is 0 Å². The number of pyridine rings is 1. The van der Waals surface area contributed by atoms with Gasteiger partial charge in [0.15, 0.2) is 0 Å². The molecule has 4 heteroatoms. The number of nitrogens with one attached hydrogen (secondary N) is 1. The normalized spacial score (nSPS) is 25.3. The fourth-order valence-corrected chi connectivity index (χ4v) is 2.92. The zero-order valence-electron chi connectivity index (χ0n) is 9.65. The smallest absolute Gasteiger partial charge is 0.128 e. The van der Waals surface area contributed by atoms with Gasteiger partial charge in [0.25, 0.3) is 0 Å². The second-order valence-corrected chi connectivity index (χ2v) is 5.47. The van der Waals surface area contributed by atoms with Gasteiger partial charge in [0, 0.05) is 29.2 Å². The molecular weight excluding hydrogens is 218 g/mol. The van der Waals surface area contributed by atoms with Crippen LogP contribution in [0.15, 0.2) is 18.3 Å². The molecule has 1 aromatic rings. The van der Waals surface area contributed by atoms with E-state index in [1.54, 1.807) is 6.20 Å². The fraction of sp³-hybridized carbons (Fsp3) is 0.583. The molecule has 0 saturated heterocycles. The molecule has 1 aliphatic rings. The van der Waals surface area contributed by atoms with Crippen molar-refractivity contribution in [1.29, 1.82) is 0 Å². The Kier molecular flexibility index (Phi) is 3.93. The third-order valence-corrected chi connectivity index (χ3v) is 4.28. The number of anilines is 2. The quantitative estimate of drug-likeness (QED) is 0.848. The molecule has 88 valence electrons. The number of rotatable bonds is 3. The molecule has 0 aromatic carbocycles. The number of hydrogen-bond donors (Lipinski definition) is 2. The second kappa shape index (κ2) is 5.43. The fourth-order valence-electron chi connectivity index (χ4n) is 2.18. The van der Waals surface area contributed by atoms with Crippen molar-refractivity contribution in [2.75, 3.05) is 17.3 Å². The molecule has 1 heterocycles. The molecule has 0 atom stereocenters. The minimum absolute atomic E-state index is 0.567. The van der Waals surface area contributed by atoms with Gasteiger partial charge in [-0.05, 0) is 38.0 Å². The molecule has 0 spiro atoms. The summed E-state index contributed by atoms with van der Waals surface area (Å²) in [6.07, 6.45) is 9.05. The van der Waals surface area contributed by atoms with Crippen LogP contribution in [0.1, 0.15) is 25.7 Å². The van der Waals surface area contributed by atoms with Crippen LogP contribution in [0, 0.1) is 0 Å². The van der Waals surface area contributed by atoms with E-state index in [0.29, 0.717) is 6.04 Å². The zero-order chi connectivity index (χ0) is 11.4. The van der Waals surface area contributed by atoms with Crippen molar-refractivity contribution in [1.82, 2.24) is 4.98 Å². The molecule has 16 heavy (non-hydrogen) atoms. The van der Waals surface area contributed by atoms with Crippen molar-refractivity contribution >= 4 is 23.3 Å². The van der Waals surface area contributed by atoms with Crippen molar-refractivity contribution in [2.45, 2.75) is 37.0 Å². The number of hydrogen-bond acceptors (Lipinski definition) is 4. The van der Waals surface area contributed by atoms with E-state index < -0.39 is 0 Å². The standard InChI is InChI=1S/C12H19N3S/c1-16-11-4-2-10(3-5-11)15-12-8-9(13)6-7-14-12/h6-8,10-11H,2-5H2,1H3,(H3,13,14,15). The van der Waals surface area contributed by atoms with E-state index in [0.717, 1.165) is 16.8 Å². The molecule has 0 aliphatic heterocycles. The summed E-state index contributed by atoms with van der Waals surface area (Å²) in [7, 11) is 0. The Hall–Kier alpha value is -0.900. The Bertz CT molecular complexity index is 335. The lowest BCUT2D eigenvalue weighted by Crippen LogP contribution is -2.27. The largest absolute Gasteiger partial charge is 0.399 e. The van der Waals surface area contributed by atoms with Gasteiger partial charge in [0.2, 0.25) is 0 Å². The summed E-state index contributed by atoms with van der Waals surface area (Å²) in [5.41, 5.74) is 6.50. The van der Waals surface area contributed by atoms with Crippen LogP contribution in [0.4, 0.5) is 11.5 Å². The minimum Gasteiger partial charge on any atom is -0.399 e. The molecule has 1 aliphatic carbocycles. The van der Waals surface area contributed by atoms with Gasteiger partial charge in [-0.25, -0.2) is 4.98 Å². The first-order chi connectivity index (χ1) is 7.78. The van der Waals surface area contributed by atoms with Gasteiger partial charge >= 0.3 is 0 Å². The number of nitrogens with zero attached hydrogens (tertiary/aromatic N) is 1. The Labute approximate surface area is 101 Å². The lowest BCUT2D eigenvalue weighted by atomic mass is 9.95. The van der Waals surface area contributed by atoms with Gasteiger partial charge in [0.05, 0.1) is 0 Å². The predicted molar refractivity (Wildman–Crippen MR) is 71.8 cm³/mol. The Morgan fingerprint density at radius 2 is 2.12 bits per heavy atom. The monoisotopic (exact) mass is 237 g/mol. The number of nitrogens with two attached hydrogens (primary N) is 1. The zero-order valence-corrected chi connectivity index (χ0v) is 10.5. The molecule has 0 radical (unpaired) electrons. The first-order valence-electron chi connectivity index (χ1n) is 5.79. The summed E-state index contributed by atoms with van der Waals surface area (Å²) in [6.45, 7) is 0. The van der Waals surface area contributed by atoms with E-state index in [9.17, 15) is 0 Å². The van der Waals surface area contributed by atoms with Crippen LogP contribution in [0.3, 0.4) is 0 Å². The van der Waals surface area contributed by atoms with Gasteiger partial charge in [-0.3, -0.25) is 0 Å². The lowest BCUT2D eigenvalue weighted by Gasteiger charge is -2.28. The van der Waals surface area contributed by atoms with E-state index in [1.165, 1.54) is 25.7 Å². The molecule has 0 amide bonds. The van der Waals surface area contributed by atoms with Crippen molar-refractivity contribution in [3.05, 3.63) is 18.3 Å². The highest BCUT2D eigenvalue weighted by atomic mass is 32.2. The van der Waals surface area contributed by atoms with E-state index in [-0.39, 0.29) is 0 Å². The van der Waals surface area contributed by atoms with Crippen LogP contribution in [-0.4, -0.2) is 22.5 Å². The molecule has 0 unspecified atom stereocenters. The molecule has 3 nitrogen and oxygen atoms in total. The van der Waals surface area contributed by atoms with Crippen LogP contribution in [0.2, 0.25) is 0 Å². The second-order valence-electron chi connectivity index (χ2n) is 4.33. The van der Waals surface area contributed by atoms with Gasteiger partial charge in [-0.1, -0.05) is 0 Å². The first-order valence-corrected chi connectivity index (χ1v) is 7.07. The van der Waals surface area contributed by atoms with E-state index >= 15 is 0 Å². The Balaban J connectivity index is 1.87. The number of aromatic nitrogens is 1. The molecule has 3 N–H and O–H groups in total. The van der Waals surface area contributed by atoms with E-state index in [1.807, 2.05) is 23.9 Å². The van der Waals surface area contributed by atoms with Crippen LogP contribution >= 0.6 is 11.8 Å². The van der Waals surface area contributed by atoms with Gasteiger partial charge < -0.3 is 11.1 Å². The summed E-state index contributed by atoms with van der Waals surface area (Å²) >= 11 is 1.99. The predicted octanol–water partition coefficient (Wildman–Crippen LogP) is 2.75. The van der Waals surface area contributed by atoms with Crippen LogP contribution in [-0.2, 0) is 0 Å². The Morgan fingerprint density at radius 1 is 1.38 bits per heavy atom. The molecule has 2 rings (SSSR count). The topological polar surface area (TPSA) is 50.9 Å². The highest BCUT2D eigenvalue weighted by molar-refractivity contribution is 7.99. The number of thioether (sulfide) groups is 1. The maximum absolute atomic E-state index is 5.72. The summed E-state index contributed by atoms with van der Waals surface area (Å²) in [5.74, 6) is 0.910. The van der Waals surface area contributed by atoms with E-state index in [2.05, 4.69) is 16.6 Å². The summed E-state index contributed by atoms with van der Waals surface area (Å²) < 4.78 is 0. The molecule has 1 fully saturated rings. The number of nitrogen functional groups attached to an aromatic ring is 1. The maximum atomic E-state index is 5.72. The van der Waals surface area contributed by atoms with Gasteiger partial charge in [0.1, 0.15) is 5.82 Å². The maximum Gasteiger partial charge on any atom is 0.128 e. The summed E-state index contributed by atoms with van der Waals surface area (Å²) in [5, 5.41) is 4.32. The van der Waals surface area contributed by atoms with Crippen molar-refractivity contribution in [3.63, 3.8) is 0 Å². The first kappa shape index (κ1) is 11.6. The molecular formula is C12H19N3S. The van der Waals surface area contributed by atoms with Crippen molar-refractivity contribution in [2.24, 2.45) is 0 Å². The lowest BCUT2D eigenvalue weighted by molar-refractivity contribution is 0.472. The average molecular weight is 237 g/mol. The highest BCUT2D eigenvalue weighted by Gasteiger charge is 2.20. The molecule has 0 bridgehead atoms. The molecule has 1 aromatic heterocycles. The third kappa shape index (κ3) is 3.04. The Morgan fingerprint density at radius 3 is 2.75 bits per heavy atom.